The maximum Gasteiger partial charge on any atom is 0.335 e. The van der Waals surface area contributed by atoms with Crippen molar-refractivity contribution in [1.29, 1.82) is 0 Å². The Hall–Kier alpha value is -1.35. The molecule has 108 valence electrons. The SMILES string of the molecule is Cc1cc(C(=O)O)ccc1CN(CC1CC1)CC1CC1. The maximum atomic E-state index is 11.0. The first-order chi connectivity index (χ1) is 9.61. The van der Waals surface area contributed by atoms with Gasteiger partial charge in [-0.15, -0.1) is 0 Å². The Kier molecular flexibility index (Phi) is 3.79. The topological polar surface area (TPSA) is 40.5 Å². The summed E-state index contributed by atoms with van der Waals surface area (Å²) in [5.41, 5.74) is 2.76. The zero-order valence-corrected chi connectivity index (χ0v) is 12.1. The quantitative estimate of drug-likeness (QED) is 0.828. The highest BCUT2D eigenvalue weighted by Crippen LogP contribution is 2.34. The lowest BCUT2D eigenvalue weighted by Crippen LogP contribution is -2.28. The summed E-state index contributed by atoms with van der Waals surface area (Å²) in [6, 6.07) is 5.52. The van der Waals surface area contributed by atoms with E-state index in [0.29, 0.717) is 5.56 Å². The Labute approximate surface area is 120 Å². The van der Waals surface area contributed by atoms with Crippen molar-refractivity contribution < 1.29 is 9.90 Å². The molecule has 0 atom stereocenters. The summed E-state index contributed by atoms with van der Waals surface area (Å²) >= 11 is 0. The molecule has 2 fully saturated rings. The van der Waals surface area contributed by atoms with Crippen LogP contribution in [0.15, 0.2) is 18.2 Å². The number of rotatable bonds is 7. The van der Waals surface area contributed by atoms with Crippen molar-refractivity contribution in [3.8, 4) is 0 Å². The van der Waals surface area contributed by atoms with Gasteiger partial charge in [0.15, 0.2) is 0 Å². The van der Waals surface area contributed by atoms with Crippen LogP contribution in [-0.2, 0) is 6.54 Å². The average Bonchev–Trinajstić information content (AvgIpc) is 3.27. The molecule has 2 saturated carbocycles. The third kappa shape index (κ3) is 3.60. The minimum absolute atomic E-state index is 0.391. The van der Waals surface area contributed by atoms with Crippen molar-refractivity contribution in [3.05, 3.63) is 34.9 Å². The van der Waals surface area contributed by atoms with E-state index in [4.69, 9.17) is 5.11 Å². The predicted octanol–water partition coefficient (Wildman–Crippen LogP) is 3.32. The van der Waals surface area contributed by atoms with E-state index in [1.807, 2.05) is 13.0 Å². The van der Waals surface area contributed by atoms with Crippen LogP contribution in [0.1, 0.15) is 47.2 Å². The van der Waals surface area contributed by atoms with E-state index < -0.39 is 5.97 Å². The largest absolute Gasteiger partial charge is 0.478 e. The summed E-state index contributed by atoms with van der Waals surface area (Å²) in [6.45, 7) is 5.43. The van der Waals surface area contributed by atoms with Gasteiger partial charge in [-0.25, -0.2) is 4.79 Å². The molecule has 0 heterocycles. The molecule has 0 bridgehead atoms. The van der Waals surface area contributed by atoms with Crippen molar-refractivity contribution in [2.45, 2.75) is 39.2 Å². The highest BCUT2D eigenvalue weighted by Gasteiger charge is 2.29. The molecular formula is C17H23NO2. The number of aromatic carboxylic acids is 1. The zero-order chi connectivity index (χ0) is 14.1. The third-order valence-electron chi connectivity index (χ3n) is 4.41. The summed E-state index contributed by atoms with van der Waals surface area (Å²) < 4.78 is 0. The molecule has 3 nitrogen and oxygen atoms in total. The summed E-state index contributed by atoms with van der Waals surface area (Å²) in [7, 11) is 0. The summed E-state index contributed by atoms with van der Waals surface area (Å²) in [6.07, 6.45) is 5.55. The fraction of sp³-hybridized carbons (Fsp3) is 0.588. The summed E-state index contributed by atoms with van der Waals surface area (Å²) in [4.78, 5) is 13.6. The number of hydrogen-bond acceptors (Lipinski definition) is 2. The van der Waals surface area contributed by atoms with Gasteiger partial charge in [0.25, 0.3) is 0 Å². The van der Waals surface area contributed by atoms with Crippen LogP contribution in [0.2, 0.25) is 0 Å². The molecule has 2 aliphatic rings. The van der Waals surface area contributed by atoms with Crippen LogP contribution in [0.25, 0.3) is 0 Å². The second-order valence-electron chi connectivity index (χ2n) is 6.53. The second kappa shape index (κ2) is 5.57. The number of aryl methyl sites for hydroxylation is 1. The number of nitrogens with zero attached hydrogens (tertiary/aromatic N) is 1. The number of carboxylic acids is 1. The fourth-order valence-corrected chi connectivity index (χ4v) is 2.78. The summed E-state index contributed by atoms with van der Waals surface area (Å²) in [5, 5.41) is 9.03. The third-order valence-corrected chi connectivity index (χ3v) is 4.41. The lowest BCUT2D eigenvalue weighted by Gasteiger charge is -2.23. The van der Waals surface area contributed by atoms with Crippen LogP contribution >= 0.6 is 0 Å². The van der Waals surface area contributed by atoms with Crippen LogP contribution in [0, 0.1) is 18.8 Å². The molecule has 1 aromatic rings. The van der Waals surface area contributed by atoms with E-state index in [1.165, 1.54) is 44.3 Å². The number of carboxylic acid groups (broad SMARTS) is 1. The Morgan fingerprint density at radius 3 is 2.25 bits per heavy atom. The Bertz CT molecular complexity index is 490. The zero-order valence-electron chi connectivity index (χ0n) is 12.1. The molecule has 0 amide bonds. The van der Waals surface area contributed by atoms with Crippen LogP contribution in [0.3, 0.4) is 0 Å². The Morgan fingerprint density at radius 1 is 1.20 bits per heavy atom. The summed E-state index contributed by atoms with van der Waals surface area (Å²) in [5.74, 6) is 0.979. The first kappa shape index (κ1) is 13.6. The molecular weight excluding hydrogens is 250 g/mol. The van der Waals surface area contributed by atoms with Crippen LogP contribution in [-0.4, -0.2) is 29.1 Å². The van der Waals surface area contributed by atoms with Crippen molar-refractivity contribution in [3.63, 3.8) is 0 Å². The van der Waals surface area contributed by atoms with Crippen molar-refractivity contribution in [1.82, 2.24) is 4.90 Å². The Balaban J connectivity index is 1.67. The first-order valence-electron chi connectivity index (χ1n) is 7.67. The van der Waals surface area contributed by atoms with E-state index in [0.717, 1.165) is 23.9 Å². The minimum atomic E-state index is -0.840. The van der Waals surface area contributed by atoms with Crippen LogP contribution in [0.5, 0.6) is 0 Å². The van der Waals surface area contributed by atoms with Gasteiger partial charge in [0.2, 0.25) is 0 Å². The number of hydrogen-bond donors (Lipinski definition) is 1. The first-order valence-corrected chi connectivity index (χ1v) is 7.67. The van der Waals surface area contributed by atoms with E-state index >= 15 is 0 Å². The monoisotopic (exact) mass is 273 g/mol. The highest BCUT2D eigenvalue weighted by atomic mass is 16.4. The van der Waals surface area contributed by atoms with Crippen LogP contribution < -0.4 is 0 Å². The van der Waals surface area contributed by atoms with Gasteiger partial charge in [-0.3, -0.25) is 4.90 Å². The fourth-order valence-electron chi connectivity index (χ4n) is 2.78. The van der Waals surface area contributed by atoms with Gasteiger partial charge >= 0.3 is 5.97 Å². The van der Waals surface area contributed by atoms with Crippen molar-refractivity contribution >= 4 is 5.97 Å². The molecule has 0 radical (unpaired) electrons. The maximum absolute atomic E-state index is 11.0. The van der Waals surface area contributed by atoms with E-state index in [9.17, 15) is 4.79 Å². The molecule has 0 aliphatic heterocycles. The molecule has 3 heteroatoms. The van der Waals surface area contributed by atoms with Crippen molar-refractivity contribution in [2.75, 3.05) is 13.1 Å². The molecule has 0 aromatic heterocycles. The number of carbonyl (C=O) groups is 1. The molecule has 2 aliphatic carbocycles. The normalized spacial score (nSPS) is 18.5. The van der Waals surface area contributed by atoms with Gasteiger partial charge in [-0.2, -0.15) is 0 Å². The Morgan fingerprint density at radius 2 is 1.80 bits per heavy atom. The minimum Gasteiger partial charge on any atom is -0.478 e. The van der Waals surface area contributed by atoms with Gasteiger partial charge in [0.1, 0.15) is 0 Å². The van der Waals surface area contributed by atoms with Gasteiger partial charge in [-0.05, 0) is 67.7 Å². The smallest absolute Gasteiger partial charge is 0.335 e. The molecule has 3 rings (SSSR count). The highest BCUT2D eigenvalue weighted by molar-refractivity contribution is 5.87. The van der Waals surface area contributed by atoms with Crippen molar-refractivity contribution in [2.24, 2.45) is 11.8 Å². The lowest BCUT2D eigenvalue weighted by atomic mass is 10.0. The molecule has 0 spiro atoms. The van der Waals surface area contributed by atoms with E-state index in [-0.39, 0.29) is 0 Å². The molecule has 1 N–H and O–H groups in total. The second-order valence-corrected chi connectivity index (χ2v) is 6.53. The molecule has 20 heavy (non-hydrogen) atoms. The lowest BCUT2D eigenvalue weighted by molar-refractivity contribution is 0.0696. The van der Waals surface area contributed by atoms with Gasteiger partial charge in [-0.1, -0.05) is 6.07 Å². The van der Waals surface area contributed by atoms with Gasteiger partial charge in [0, 0.05) is 19.6 Å². The van der Waals surface area contributed by atoms with Gasteiger partial charge < -0.3 is 5.11 Å². The molecule has 1 aromatic carbocycles. The van der Waals surface area contributed by atoms with E-state index in [1.54, 1.807) is 12.1 Å². The predicted molar refractivity (Wildman–Crippen MR) is 78.9 cm³/mol. The average molecular weight is 273 g/mol. The van der Waals surface area contributed by atoms with Crippen LogP contribution in [0.4, 0.5) is 0 Å². The molecule has 0 saturated heterocycles. The standard InChI is InChI=1S/C17H23NO2/c1-12-8-15(17(19)20)6-7-16(12)11-18(9-13-2-3-13)10-14-4-5-14/h6-8,13-14H,2-5,9-11H2,1H3,(H,19,20). The number of benzene rings is 1. The van der Waals surface area contributed by atoms with E-state index in [2.05, 4.69) is 4.90 Å². The molecule has 0 unspecified atom stereocenters. The van der Waals surface area contributed by atoms with Gasteiger partial charge in [0.05, 0.1) is 5.56 Å².